The first-order valence-corrected chi connectivity index (χ1v) is 11.1. The van der Waals surface area contributed by atoms with Crippen molar-refractivity contribution in [1.29, 1.82) is 0 Å². The van der Waals surface area contributed by atoms with Gasteiger partial charge in [-0.05, 0) is 79.4 Å². The molecular weight excluding hydrogens is 348 g/mol. The largest absolute Gasteiger partial charge is 0.478 e. The van der Waals surface area contributed by atoms with Gasteiger partial charge >= 0.3 is 5.97 Å². The van der Waals surface area contributed by atoms with Gasteiger partial charge in [0.2, 0.25) is 0 Å². The topological polar surface area (TPSA) is 57.5 Å². The average molecular weight is 387 g/mol. The maximum absolute atomic E-state index is 11.0. The summed E-state index contributed by atoms with van der Waals surface area (Å²) < 4.78 is 0. The predicted molar refractivity (Wildman–Crippen MR) is 114 cm³/mol. The van der Waals surface area contributed by atoms with Crippen LogP contribution in [-0.2, 0) is 4.79 Å². The minimum Gasteiger partial charge on any atom is -0.478 e. The zero-order valence-corrected chi connectivity index (χ0v) is 18.1. The Hall–Kier alpha value is -1.35. The van der Waals surface area contributed by atoms with E-state index >= 15 is 0 Å². The normalized spacial score (nSPS) is 43.8. The molecule has 2 N–H and O–H groups in total. The van der Waals surface area contributed by atoms with Crippen LogP contribution in [0.15, 0.2) is 36.0 Å². The van der Waals surface area contributed by atoms with E-state index in [1.54, 1.807) is 6.08 Å². The minimum atomic E-state index is -0.911. The number of carbonyl (C=O) groups is 1. The summed E-state index contributed by atoms with van der Waals surface area (Å²) in [6, 6.07) is 0. The highest BCUT2D eigenvalue weighted by atomic mass is 16.4. The molecule has 3 saturated carbocycles. The van der Waals surface area contributed by atoms with Gasteiger partial charge in [-0.25, -0.2) is 4.79 Å². The number of rotatable bonds is 5. The highest BCUT2D eigenvalue weighted by Gasteiger charge is 2.63. The fraction of sp³-hybridized carbons (Fsp3) is 0.720. The van der Waals surface area contributed by atoms with Crippen LogP contribution in [0.25, 0.3) is 0 Å². The van der Waals surface area contributed by atoms with Gasteiger partial charge < -0.3 is 10.2 Å². The molecular formula is C25H38O3. The van der Waals surface area contributed by atoms with Crippen LogP contribution in [0.4, 0.5) is 0 Å². The molecule has 0 saturated heterocycles. The Morgan fingerprint density at radius 2 is 1.86 bits per heavy atom. The molecule has 0 aromatic rings. The van der Waals surface area contributed by atoms with Crippen molar-refractivity contribution in [3.63, 3.8) is 0 Å². The number of allylic oxidation sites excluding steroid dienone is 5. The summed E-state index contributed by atoms with van der Waals surface area (Å²) in [5.41, 5.74) is 1.71. The van der Waals surface area contributed by atoms with Crippen LogP contribution >= 0.6 is 0 Å². The summed E-state index contributed by atoms with van der Waals surface area (Å²) in [6.07, 6.45) is 13.7. The number of aliphatic hydroxyl groups is 1. The maximum Gasteiger partial charge on any atom is 0.328 e. The lowest BCUT2D eigenvalue weighted by molar-refractivity contribution is -0.183. The molecule has 0 bridgehead atoms. The molecule has 0 spiro atoms. The van der Waals surface area contributed by atoms with Crippen LogP contribution in [0.1, 0.15) is 60.3 Å². The molecule has 3 aliphatic carbocycles. The van der Waals surface area contributed by atoms with Crippen LogP contribution in [0.3, 0.4) is 0 Å². The fourth-order valence-corrected chi connectivity index (χ4v) is 7.10. The summed E-state index contributed by atoms with van der Waals surface area (Å²) in [6.45, 7) is 11.6. The van der Waals surface area contributed by atoms with Crippen molar-refractivity contribution < 1.29 is 15.0 Å². The lowest BCUT2D eigenvalue weighted by atomic mass is 9.38. The second-order valence-electron chi connectivity index (χ2n) is 10.2. The number of hydrogen-bond donors (Lipinski definition) is 2. The van der Waals surface area contributed by atoms with Crippen LogP contribution < -0.4 is 0 Å². The van der Waals surface area contributed by atoms with Crippen LogP contribution in [0.2, 0.25) is 0 Å². The Bertz CT molecular complexity index is 673. The van der Waals surface area contributed by atoms with Crippen molar-refractivity contribution in [2.45, 2.75) is 66.4 Å². The first-order chi connectivity index (χ1) is 13.2. The van der Waals surface area contributed by atoms with E-state index in [-0.39, 0.29) is 11.5 Å². The lowest BCUT2D eigenvalue weighted by Gasteiger charge is -2.67. The molecule has 3 nitrogen and oxygen atoms in total. The zero-order valence-electron chi connectivity index (χ0n) is 18.1. The summed E-state index contributed by atoms with van der Waals surface area (Å²) in [7, 11) is 0. The van der Waals surface area contributed by atoms with Crippen LogP contribution in [-0.4, -0.2) is 22.3 Å². The van der Waals surface area contributed by atoms with Crippen molar-refractivity contribution in [3.8, 4) is 0 Å². The standard InChI is InChI=1S/C25H38O3/c1-15(2)14-17(4)24-18(8-6-7-9-21(27)28)22-16(3)10-11-20(26)23(22)19-12-13-25(19,24)5/h6-9,14-16,18-20,22-24,26H,10-13H2,1-5H3,(H,27,28)/b8-6+,9-7+,17-14-/t16-,18-,19+,20-,22?,23?,24-,25+/m0/s1. The van der Waals surface area contributed by atoms with Crippen molar-refractivity contribution in [1.82, 2.24) is 0 Å². The van der Waals surface area contributed by atoms with Gasteiger partial charge in [0.1, 0.15) is 0 Å². The molecule has 28 heavy (non-hydrogen) atoms. The first kappa shape index (κ1) is 21.4. The Balaban J connectivity index is 2.05. The fourth-order valence-electron chi connectivity index (χ4n) is 7.10. The highest BCUT2D eigenvalue weighted by Crippen LogP contribution is 2.68. The third kappa shape index (κ3) is 3.75. The van der Waals surface area contributed by atoms with E-state index in [0.29, 0.717) is 41.4 Å². The smallest absolute Gasteiger partial charge is 0.328 e. The summed E-state index contributed by atoms with van der Waals surface area (Å²) in [4.78, 5) is 10.9. The number of carboxylic acids is 1. The molecule has 3 rings (SSSR count). The number of carboxylic acid groups (broad SMARTS) is 1. The summed E-state index contributed by atoms with van der Waals surface area (Å²) in [5, 5.41) is 19.9. The van der Waals surface area contributed by atoms with E-state index in [2.05, 4.69) is 46.8 Å². The second kappa shape index (κ2) is 8.18. The van der Waals surface area contributed by atoms with Crippen LogP contribution in [0.5, 0.6) is 0 Å². The number of aliphatic carboxylic acids is 1. The number of aliphatic hydroxyl groups excluding tert-OH is 1. The Morgan fingerprint density at radius 1 is 1.14 bits per heavy atom. The van der Waals surface area contributed by atoms with Gasteiger partial charge in [0.05, 0.1) is 6.10 Å². The lowest BCUT2D eigenvalue weighted by Crippen LogP contribution is -2.62. The summed E-state index contributed by atoms with van der Waals surface area (Å²) >= 11 is 0. The molecule has 0 radical (unpaired) electrons. The summed E-state index contributed by atoms with van der Waals surface area (Å²) in [5.74, 6) is 2.47. The number of fused-ring (bicyclic) bond motifs is 3. The molecule has 0 aromatic carbocycles. The SMILES string of the molecule is C/C(=C/C(C)C)[C@H]1[C@@H](/C=C/C=C/C(=O)O)C2C([C@H]3CC[C@]31C)[C@@H](O)CC[C@@H]2C. The van der Waals surface area contributed by atoms with Gasteiger partial charge in [-0.1, -0.05) is 57.6 Å². The van der Waals surface area contributed by atoms with Crippen molar-refractivity contribution in [3.05, 3.63) is 36.0 Å². The Morgan fingerprint density at radius 3 is 2.43 bits per heavy atom. The monoisotopic (exact) mass is 386 g/mol. The average Bonchev–Trinajstić information content (AvgIpc) is 2.58. The number of hydrogen-bond acceptors (Lipinski definition) is 2. The predicted octanol–water partition coefficient (Wildman–Crippen LogP) is 5.47. The van der Waals surface area contributed by atoms with E-state index < -0.39 is 5.97 Å². The van der Waals surface area contributed by atoms with Crippen molar-refractivity contribution in [2.75, 3.05) is 0 Å². The molecule has 0 amide bonds. The Kier molecular flexibility index (Phi) is 6.24. The van der Waals surface area contributed by atoms with Crippen LogP contribution in [0, 0.1) is 46.8 Å². The zero-order chi connectivity index (χ0) is 20.6. The Labute approximate surface area is 170 Å². The second-order valence-corrected chi connectivity index (χ2v) is 10.2. The van der Waals surface area contributed by atoms with Gasteiger partial charge in [0.25, 0.3) is 0 Å². The first-order valence-electron chi connectivity index (χ1n) is 11.1. The van der Waals surface area contributed by atoms with E-state index in [1.165, 1.54) is 24.5 Å². The van der Waals surface area contributed by atoms with E-state index in [4.69, 9.17) is 5.11 Å². The molecule has 0 aromatic heterocycles. The minimum absolute atomic E-state index is 0.188. The van der Waals surface area contributed by atoms with Gasteiger partial charge in [-0.3, -0.25) is 0 Å². The van der Waals surface area contributed by atoms with Crippen molar-refractivity contribution in [2.24, 2.45) is 46.8 Å². The highest BCUT2D eigenvalue weighted by molar-refractivity contribution is 5.80. The van der Waals surface area contributed by atoms with Crippen molar-refractivity contribution >= 4 is 5.97 Å². The van der Waals surface area contributed by atoms with Gasteiger partial charge in [0, 0.05) is 6.08 Å². The maximum atomic E-state index is 11.0. The molecule has 8 atom stereocenters. The quantitative estimate of drug-likeness (QED) is 0.374. The van der Waals surface area contributed by atoms with Gasteiger partial charge in [-0.2, -0.15) is 0 Å². The third-order valence-corrected chi connectivity index (χ3v) is 8.08. The van der Waals surface area contributed by atoms with E-state index in [0.717, 1.165) is 12.8 Å². The molecule has 0 aliphatic heterocycles. The molecule has 3 fully saturated rings. The third-order valence-electron chi connectivity index (χ3n) is 8.08. The van der Waals surface area contributed by atoms with Gasteiger partial charge in [-0.15, -0.1) is 0 Å². The van der Waals surface area contributed by atoms with Gasteiger partial charge in [0.15, 0.2) is 0 Å². The molecule has 2 unspecified atom stereocenters. The molecule has 0 heterocycles. The van der Waals surface area contributed by atoms with E-state index in [9.17, 15) is 9.90 Å². The molecule has 3 heteroatoms. The molecule has 156 valence electrons. The molecule has 3 aliphatic rings. The van der Waals surface area contributed by atoms with E-state index in [1.807, 2.05) is 6.08 Å².